The van der Waals surface area contributed by atoms with Gasteiger partial charge in [0.25, 0.3) is 0 Å². The maximum Gasteiger partial charge on any atom is 0.138 e. The fourth-order valence-corrected chi connectivity index (χ4v) is 4.13. The second kappa shape index (κ2) is 7.35. The summed E-state index contributed by atoms with van der Waals surface area (Å²) >= 11 is 0. The predicted molar refractivity (Wildman–Crippen MR) is 104 cm³/mol. The van der Waals surface area contributed by atoms with Crippen LogP contribution in [0, 0.1) is 11.3 Å². The third-order valence-corrected chi connectivity index (χ3v) is 5.70. The molecule has 132 valence electrons. The summed E-state index contributed by atoms with van der Waals surface area (Å²) in [6.07, 6.45) is 7.33. The van der Waals surface area contributed by atoms with E-state index in [4.69, 9.17) is 4.74 Å². The first-order valence-electron chi connectivity index (χ1n) is 9.38. The standard InChI is InChI=1S/C23H24N2O/c1-25-21-8-5-9-22(25)13-20(12-21)18-10-11-19(15-24)23(14-18)26-16-17-6-3-2-4-7-17/h2-4,6-7,10-12,14,21-22H,5,8-9,13,16H2,1H3. The van der Waals surface area contributed by atoms with E-state index in [1.54, 1.807) is 0 Å². The number of likely N-dealkylation sites (N-methyl/N-ethyl adjacent to an activating group) is 1. The number of benzene rings is 2. The molecule has 0 amide bonds. The molecule has 3 heteroatoms. The van der Waals surface area contributed by atoms with Crippen LogP contribution in [-0.2, 0) is 6.61 Å². The minimum absolute atomic E-state index is 0.478. The minimum Gasteiger partial charge on any atom is -0.488 e. The SMILES string of the molecule is CN1C2C=C(c3ccc(C#N)c(OCc4ccccc4)c3)CC1CCC2. The van der Waals surface area contributed by atoms with Gasteiger partial charge in [0.15, 0.2) is 0 Å². The molecule has 2 bridgehead atoms. The number of rotatable bonds is 4. The molecule has 1 saturated heterocycles. The fraction of sp³-hybridized carbons (Fsp3) is 0.348. The number of ether oxygens (including phenoxy) is 1. The van der Waals surface area contributed by atoms with Crippen molar-refractivity contribution in [2.75, 3.05) is 7.05 Å². The average molecular weight is 344 g/mol. The van der Waals surface area contributed by atoms with Crippen LogP contribution in [0.15, 0.2) is 54.6 Å². The lowest BCUT2D eigenvalue weighted by Crippen LogP contribution is -2.45. The zero-order chi connectivity index (χ0) is 17.9. The summed E-state index contributed by atoms with van der Waals surface area (Å²) < 4.78 is 6.00. The number of hydrogen-bond acceptors (Lipinski definition) is 3. The zero-order valence-corrected chi connectivity index (χ0v) is 15.2. The normalized spacial score (nSPS) is 22.4. The van der Waals surface area contributed by atoms with Crippen LogP contribution in [0.25, 0.3) is 5.57 Å². The molecule has 0 aliphatic carbocycles. The van der Waals surface area contributed by atoms with Crippen LogP contribution in [0.3, 0.4) is 0 Å². The molecule has 0 spiro atoms. The summed E-state index contributed by atoms with van der Waals surface area (Å²) in [4.78, 5) is 2.52. The van der Waals surface area contributed by atoms with E-state index < -0.39 is 0 Å². The van der Waals surface area contributed by atoms with Crippen LogP contribution >= 0.6 is 0 Å². The van der Waals surface area contributed by atoms with Crippen LogP contribution in [0.4, 0.5) is 0 Å². The summed E-state index contributed by atoms with van der Waals surface area (Å²) in [5.41, 5.74) is 4.29. The second-order valence-electron chi connectivity index (χ2n) is 7.31. The average Bonchev–Trinajstić information content (AvgIpc) is 2.67. The predicted octanol–water partition coefficient (Wildman–Crippen LogP) is 4.78. The number of nitrogens with zero attached hydrogens (tertiary/aromatic N) is 2. The van der Waals surface area contributed by atoms with Crippen molar-refractivity contribution in [3.05, 3.63) is 71.3 Å². The first-order valence-corrected chi connectivity index (χ1v) is 9.38. The lowest BCUT2D eigenvalue weighted by molar-refractivity contribution is 0.137. The van der Waals surface area contributed by atoms with Gasteiger partial charge in [0, 0.05) is 12.1 Å². The van der Waals surface area contributed by atoms with E-state index in [9.17, 15) is 5.26 Å². The maximum atomic E-state index is 9.43. The fourth-order valence-electron chi connectivity index (χ4n) is 4.13. The molecular weight excluding hydrogens is 320 g/mol. The van der Waals surface area contributed by atoms with Gasteiger partial charge in [-0.3, -0.25) is 4.90 Å². The maximum absolute atomic E-state index is 9.43. The molecule has 2 atom stereocenters. The Bertz CT molecular complexity index is 850. The summed E-state index contributed by atoms with van der Waals surface area (Å²) in [6.45, 7) is 0.478. The van der Waals surface area contributed by atoms with E-state index in [2.05, 4.69) is 30.2 Å². The van der Waals surface area contributed by atoms with Gasteiger partial charge in [0.05, 0.1) is 5.56 Å². The Morgan fingerprint density at radius 2 is 2.00 bits per heavy atom. The molecule has 2 aromatic carbocycles. The molecule has 26 heavy (non-hydrogen) atoms. The Kier molecular flexibility index (Phi) is 4.77. The summed E-state index contributed by atoms with van der Waals surface area (Å²) in [7, 11) is 2.24. The summed E-state index contributed by atoms with van der Waals surface area (Å²) in [5, 5.41) is 9.43. The second-order valence-corrected chi connectivity index (χ2v) is 7.31. The van der Waals surface area contributed by atoms with Gasteiger partial charge >= 0.3 is 0 Å². The van der Waals surface area contributed by atoms with Crippen molar-refractivity contribution < 1.29 is 4.74 Å². The Balaban J connectivity index is 1.59. The van der Waals surface area contributed by atoms with Crippen LogP contribution in [-0.4, -0.2) is 24.0 Å². The van der Waals surface area contributed by atoms with Crippen molar-refractivity contribution in [2.45, 2.75) is 44.4 Å². The van der Waals surface area contributed by atoms with Gasteiger partial charge in [0.1, 0.15) is 18.4 Å². The van der Waals surface area contributed by atoms with E-state index in [-0.39, 0.29) is 0 Å². The summed E-state index contributed by atoms with van der Waals surface area (Å²) in [6, 6.07) is 19.5. The third-order valence-electron chi connectivity index (χ3n) is 5.70. The Morgan fingerprint density at radius 3 is 2.77 bits per heavy atom. The molecular formula is C23H24N2O. The Morgan fingerprint density at radius 1 is 1.15 bits per heavy atom. The van der Waals surface area contributed by atoms with Crippen molar-refractivity contribution in [3.8, 4) is 11.8 Å². The van der Waals surface area contributed by atoms with Gasteiger partial charge in [0.2, 0.25) is 0 Å². The monoisotopic (exact) mass is 344 g/mol. The lowest BCUT2D eigenvalue weighted by Gasteiger charge is -2.42. The highest BCUT2D eigenvalue weighted by Crippen LogP contribution is 2.37. The quantitative estimate of drug-likeness (QED) is 0.801. The molecule has 2 heterocycles. The first-order chi connectivity index (χ1) is 12.7. The van der Waals surface area contributed by atoms with E-state index in [1.165, 1.54) is 30.4 Å². The van der Waals surface area contributed by atoms with Gasteiger partial charge in [-0.05, 0) is 55.1 Å². The number of piperidine rings is 1. The Hall–Kier alpha value is -2.57. The smallest absolute Gasteiger partial charge is 0.138 e. The highest BCUT2D eigenvalue weighted by molar-refractivity contribution is 5.70. The highest BCUT2D eigenvalue weighted by Gasteiger charge is 2.31. The molecule has 1 fully saturated rings. The Labute approximate surface area is 155 Å². The molecule has 2 unspecified atom stereocenters. The van der Waals surface area contributed by atoms with E-state index in [0.717, 1.165) is 12.0 Å². The molecule has 2 aliphatic rings. The molecule has 2 aromatic rings. The van der Waals surface area contributed by atoms with Crippen LogP contribution in [0.2, 0.25) is 0 Å². The van der Waals surface area contributed by atoms with Gasteiger partial charge in [-0.1, -0.05) is 48.9 Å². The van der Waals surface area contributed by atoms with Crippen LogP contribution < -0.4 is 4.74 Å². The number of hydrogen-bond donors (Lipinski definition) is 0. The van der Waals surface area contributed by atoms with Crippen molar-refractivity contribution >= 4 is 5.57 Å². The van der Waals surface area contributed by atoms with Gasteiger partial charge in [-0.15, -0.1) is 0 Å². The molecule has 0 radical (unpaired) electrons. The zero-order valence-electron chi connectivity index (χ0n) is 15.2. The molecule has 3 nitrogen and oxygen atoms in total. The highest BCUT2D eigenvalue weighted by atomic mass is 16.5. The molecule has 0 saturated carbocycles. The van der Waals surface area contributed by atoms with Gasteiger partial charge in [-0.2, -0.15) is 5.26 Å². The van der Waals surface area contributed by atoms with Crippen molar-refractivity contribution in [2.24, 2.45) is 0 Å². The lowest BCUT2D eigenvalue weighted by atomic mass is 9.83. The van der Waals surface area contributed by atoms with Crippen LogP contribution in [0.1, 0.15) is 42.4 Å². The van der Waals surface area contributed by atoms with Gasteiger partial charge < -0.3 is 4.74 Å². The van der Waals surface area contributed by atoms with Gasteiger partial charge in [-0.25, -0.2) is 0 Å². The van der Waals surface area contributed by atoms with Crippen molar-refractivity contribution in [3.63, 3.8) is 0 Å². The minimum atomic E-state index is 0.478. The van der Waals surface area contributed by atoms with Crippen molar-refractivity contribution in [1.82, 2.24) is 4.90 Å². The number of nitriles is 1. The van der Waals surface area contributed by atoms with Crippen LogP contribution in [0.5, 0.6) is 5.75 Å². The summed E-state index contributed by atoms with van der Waals surface area (Å²) in [5.74, 6) is 0.679. The van der Waals surface area contributed by atoms with E-state index in [1.807, 2.05) is 42.5 Å². The van der Waals surface area contributed by atoms with E-state index in [0.29, 0.717) is 30.0 Å². The van der Waals surface area contributed by atoms with Crippen molar-refractivity contribution in [1.29, 1.82) is 5.26 Å². The molecule has 4 rings (SSSR count). The topological polar surface area (TPSA) is 36.3 Å². The third kappa shape index (κ3) is 3.38. The molecule has 0 N–H and O–H groups in total. The molecule has 0 aromatic heterocycles. The first kappa shape index (κ1) is 16.9. The van der Waals surface area contributed by atoms with E-state index >= 15 is 0 Å². The number of fused-ring (bicyclic) bond motifs is 2. The largest absolute Gasteiger partial charge is 0.488 e. The molecule has 2 aliphatic heterocycles.